The summed E-state index contributed by atoms with van der Waals surface area (Å²) in [4.78, 5) is 22.6. The van der Waals surface area contributed by atoms with E-state index in [0.717, 1.165) is 6.07 Å². The highest BCUT2D eigenvalue weighted by Crippen LogP contribution is 2.19. The summed E-state index contributed by atoms with van der Waals surface area (Å²) in [7, 11) is 0. The van der Waals surface area contributed by atoms with Crippen molar-refractivity contribution < 1.29 is 23.1 Å². The molecule has 19 heavy (non-hydrogen) atoms. The molecule has 0 aliphatic carbocycles. The molecule has 0 aliphatic rings. The number of esters is 1. The van der Waals surface area contributed by atoms with Crippen LogP contribution in [0.2, 0.25) is 5.02 Å². The molecule has 4 nitrogen and oxygen atoms in total. The van der Waals surface area contributed by atoms with Gasteiger partial charge in [0.1, 0.15) is 0 Å². The van der Waals surface area contributed by atoms with E-state index in [9.17, 15) is 18.4 Å². The van der Waals surface area contributed by atoms with Crippen LogP contribution < -0.4 is 5.32 Å². The van der Waals surface area contributed by atoms with Gasteiger partial charge in [0.25, 0.3) is 5.91 Å². The first kappa shape index (κ1) is 15.4. The Bertz CT molecular complexity index is 494. The molecule has 0 saturated carbocycles. The summed E-state index contributed by atoms with van der Waals surface area (Å²) >= 11 is 5.63. The first-order chi connectivity index (χ1) is 8.95. The maximum Gasteiger partial charge on any atom is 0.307 e. The van der Waals surface area contributed by atoms with E-state index < -0.39 is 23.5 Å². The van der Waals surface area contributed by atoms with Gasteiger partial charge in [0.15, 0.2) is 11.6 Å². The number of carbonyl (C=O) groups is 2. The Labute approximate surface area is 113 Å². The van der Waals surface area contributed by atoms with Gasteiger partial charge in [-0.15, -0.1) is 0 Å². The third kappa shape index (κ3) is 4.48. The van der Waals surface area contributed by atoms with Crippen LogP contribution in [0.15, 0.2) is 12.1 Å². The van der Waals surface area contributed by atoms with Gasteiger partial charge in [-0.2, -0.15) is 0 Å². The SMILES string of the molecule is CCOC(=O)CCNC(=O)c1cc(F)c(F)cc1Cl. The summed E-state index contributed by atoms with van der Waals surface area (Å²) < 4.78 is 30.5. The minimum absolute atomic E-state index is 0.0130. The number of amides is 1. The van der Waals surface area contributed by atoms with Gasteiger partial charge in [-0.3, -0.25) is 9.59 Å². The van der Waals surface area contributed by atoms with Crippen molar-refractivity contribution in [2.24, 2.45) is 0 Å². The molecule has 0 spiro atoms. The van der Waals surface area contributed by atoms with E-state index in [0.29, 0.717) is 6.07 Å². The van der Waals surface area contributed by atoms with Crippen LogP contribution in [-0.2, 0) is 9.53 Å². The lowest BCUT2D eigenvalue weighted by molar-refractivity contribution is -0.142. The molecule has 0 aromatic heterocycles. The molecule has 0 heterocycles. The fourth-order valence-corrected chi connectivity index (χ4v) is 1.54. The number of halogens is 3. The zero-order valence-electron chi connectivity index (χ0n) is 10.1. The number of carbonyl (C=O) groups excluding carboxylic acids is 2. The zero-order chi connectivity index (χ0) is 14.4. The van der Waals surface area contributed by atoms with Crippen LogP contribution in [0.5, 0.6) is 0 Å². The maximum absolute atomic E-state index is 13.0. The fourth-order valence-electron chi connectivity index (χ4n) is 1.30. The number of ether oxygens (including phenoxy) is 1. The van der Waals surface area contributed by atoms with E-state index in [1.807, 2.05) is 0 Å². The minimum atomic E-state index is -1.17. The summed E-state index contributed by atoms with van der Waals surface area (Å²) in [6.45, 7) is 1.94. The van der Waals surface area contributed by atoms with Crippen LogP contribution in [0.1, 0.15) is 23.7 Å². The predicted octanol–water partition coefficient (Wildman–Crippen LogP) is 2.30. The maximum atomic E-state index is 13.0. The van der Waals surface area contributed by atoms with E-state index in [-0.39, 0.29) is 30.2 Å². The highest BCUT2D eigenvalue weighted by Gasteiger charge is 2.15. The molecular formula is C12H12ClF2NO3. The summed E-state index contributed by atoms with van der Waals surface area (Å²) in [5.41, 5.74) is -0.190. The lowest BCUT2D eigenvalue weighted by atomic mass is 10.2. The first-order valence-electron chi connectivity index (χ1n) is 5.54. The Morgan fingerprint density at radius 2 is 1.95 bits per heavy atom. The summed E-state index contributed by atoms with van der Waals surface area (Å²) in [5, 5.41) is 2.16. The van der Waals surface area contributed by atoms with Gasteiger partial charge >= 0.3 is 5.97 Å². The molecule has 0 bridgehead atoms. The molecule has 1 aromatic rings. The van der Waals surface area contributed by atoms with E-state index in [4.69, 9.17) is 11.6 Å². The lowest BCUT2D eigenvalue weighted by Crippen LogP contribution is -2.27. The highest BCUT2D eigenvalue weighted by atomic mass is 35.5. The topological polar surface area (TPSA) is 55.4 Å². The van der Waals surface area contributed by atoms with Gasteiger partial charge in [-0.05, 0) is 19.1 Å². The largest absolute Gasteiger partial charge is 0.466 e. The van der Waals surface area contributed by atoms with Crippen LogP contribution in [0.4, 0.5) is 8.78 Å². The van der Waals surface area contributed by atoms with Gasteiger partial charge in [0, 0.05) is 6.54 Å². The predicted molar refractivity (Wildman–Crippen MR) is 65.0 cm³/mol. The number of hydrogen-bond donors (Lipinski definition) is 1. The highest BCUT2D eigenvalue weighted by molar-refractivity contribution is 6.33. The molecule has 1 amide bonds. The summed E-state index contributed by atoms with van der Waals surface area (Å²) in [5.74, 6) is -3.44. The molecule has 104 valence electrons. The average Bonchev–Trinajstić information content (AvgIpc) is 2.34. The van der Waals surface area contributed by atoms with Crippen molar-refractivity contribution in [2.45, 2.75) is 13.3 Å². The van der Waals surface area contributed by atoms with Gasteiger partial charge in [0.2, 0.25) is 0 Å². The van der Waals surface area contributed by atoms with Crippen LogP contribution in [-0.4, -0.2) is 25.0 Å². The van der Waals surface area contributed by atoms with E-state index in [1.54, 1.807) is 6.92 Å². The monoisotopic (exact) mass is 291 g/mol. The van der Waals surface area contributed by atoms with E-state index in [1.165, 1.54) is 0 Å². The molecule has 7 heteroatoms. The first-order valence-corrected chi connectivity index (χ1v) is 5.91. The molecule has 0 saturated heterocycles. The number of nitrogens with one attached hydrogen (secondary N) is 1. The van der Waals surface area contributed by atoms with Crippen molar-refractivity contribution in [2.75, 3.05) is 13.2 Å². The molecule has 0 aliphatic heterocycles. The van der Waals surface area contributed by atoms with Crippen molar-refractivity contribution in [3.05, 3.63) is 34.4 Å². The second kappa shape index (κ2) is 7.04. The molecule has 0 radical (unpaired) electrons. The number of benzene rings is 1. The normalized spacial score (nSPS) is 10.1. The lowest BCUT2D eigenvalue weighted by Gasteiger charge is -2.07. The Hall–Kier alpha value is -1.69. The number of rotatable bonds is 5. The molecule has 0 unspecified atom stereocenters. The van der Waals surface area contributed by atoms with Gasteiger partial charge in [0.05, 0.1) is 23.6 Å². The zero-order valence-corrected chi connectivity index (χ0v) is 10.9. The molecule has 1 N–H and O–H groups in total. The smallest absolute Gasteiger partial charge is 0.307 e. The van der Waals surface area contributed by atoms with Gasteiger partial charge in [-0.25, -0.2) is 8.78 Å². The number of hydrogen-bond acceptors (Lipinski definition) is 3. The molecule has 1 rings (SSSR count). The third-order valence-corrected chi connectivity index (χ3v) is 2.49. The quantitative estimate of drug-likeness (QED) is 0.669. The van der Waals surface area contributed by atoms with Crippen molar-refractivity contribution in [3.63, 3.8) is 0 Å². The van der Waals surface area contributed by atoms with Crippen molar-refractivity contribution >= 4 is 23.5 Å². The molecular weight excluding hydrogens is 280 g/mol. The van der Waals surface area contributed by atoms with Gasteiger partial charge in [-0.1, -0.05) is 11.6 Å². The Morgan fingerprint density at radius 1 is 1.32 bits per heavy atom. The van der Waals surface area contributed by atoms with E-state index >= 15 is 0 Å². The standard InChI is InChI=1S/C12H12ClF2NO3/c1-2-19-11(17)3-4-16-12(18)7-5-9(14)10(15)6-8(7)13/h5-6H,2-4H2,1H3,(H,16,18). The van der Waals surface area contributed by atoms with Crippen molar-refractivity contribution in [3.8, 4) is 0 Å². The van der Waals surface area contributed by atoms with Crippen LogP contribution in [0.3, 0.4) is 0 Å². The van der Waals surface area contributed by atoms with Crippen molar-refractivity contribution in [1.82, 2.24) is 5.32 Å². The Kier molecular flexibility index (Phi) is 5.69. The fraction of sp³-hybridized carbons (Fsp3) is 0.333. The molecule has 0 atom stereocenters. The average molecular weight is 292 g/mol. The van der Waals surface area contributed by atoms with Crippen molar-refractivity contribution in [1.29, 1.82) is 0 Å². The summed E-state index contributed by atoms with van der Waals surface area (Å²) in [6, 6.07) is 1.43. The molecule has 0 fully saturated rings. The summed E-state index contributed by atoms with van der Waals surface area (Å²) in [6.07, 6.45) is -0.0130. The van der Waals surface area contributed by atoms with Gasteiger partial charge < -0.3 is 10.1 Å². The second-order valence-corrected chi connectivity index (χ2v) is 3.96. The molecule has 1 aromatic carbocycles. The Morgan fingerprint density at radius 3 is 2.58 bits per heavy atom. The van der Waals surface area contributed by atoms with E-state index in [2.05, 4.69) is 10.1 Å². The second-order valence-electron chi connectivity index (χ2n) is 3.56. The third-order valence-electron chi connectivity index (χ3n) is 2.17. The van der Waals surface area contributed by atoms with Crippen LogP contribution in [0.25, 0.3) is 0 Å². The van der Waals surface area contributed by atoms with Crippen LogP contribution in [0, 0.1) is 11.6 Å². The van der Waals surface area contributed by atoms with Crippen LogP contribution >= 0.6 is 11.6 Å². The minimum Gasteiger partial charge on any atom is -0.466 e. The Balaban J connectivity index is 2.59.